The van der Waals surface area contributed by atoms with Gasteiger partial charge in [0.1, 0.15) is 0 Å². The molecule has 0 saturated heterocycles. The zero-order valence-corrected chi connectivity index (χ0v) is 18.1. The van der Waals surface area contributed by atoms with E-state index in [0.29, 0.717) is 11.6 Å². The van der Waals surface area contributed by atoms with Crippen LogP contribution in [0.3, 0.4) is 0 Å². The summed E-state index contributed by atoms with van der Waals surface area (Å²) >= 11 is 5.86. The Bertz CT molecular complexity index is 1220. The number of hydrogen-bond donors (Lipinski definition) is 2. The van der Waals surface area contributed by atoms with Crippen LogP contribution in [-0.4, -0.2) is 30.6 Å². The number of rotatable bonds is 7. The highest BCUT2D eigenvalue weighted by Crippen LogP contribution is 2.40. The summed E-state index contributed by atoms with van der Waals surface area (Å²) in [6.07, 6.45) is 1.74. The van der Waals surface area contributed by atoms with Crippen LogP contribution < -0.4 is 4.72 Å². The molecule has 2 aromatic carbocycles. The van der Waals surface area contributed by atoms with Crippen molar-refractivity contribution in [1.82, 2.24) is 9.29 Å². The van der Waals surface area contributed by atoms with Crippen molar-refractivity contribution in [2.75, 3.05) is 6.54 Å². The van der Waals surface area contributed by atoms with Gasteiger partial charge >= 0.3 is 5.97 Å². The summed E-state index contributed by atoms with van der Waals surface area (Å²) in [6, 6.07) is 12.2. The highest BCUT2D eigenvalue weighted by atomic mass is 35.5. The largest absolute Gasteiger partial charge is 0.481 e. The lowest BCUT2D eigenvalue weighted by Crippen LogP contribution is -2.30. The minimum atomic E-state index is -3.64. The number of halogens is 1. The highest BCUT2D eigenvalue weighted by Gasteiger charge is 2.28. The quantitative estimate of drug-likeness (QED) is 0.572. The molecule has 6 nitrogen and oxygen atoms in total. The summed E-state index contributed by atoms with van der Waals surface area (Å²) in [4.78, 5) is 11.3. The molecule has 4 rings (SSSR count). The maximum Gasteiger partial charge on any atom is 0.305 e. The van der Waals surface area contributed by atoms with E-state index in [4.69, 9.17) is 16.7 Å². The molecule has 0 amide bonds. The molecule has 0 saturated carbocycles. The molecule has 158 valence electrons. The first-order chi connectivity index (χ1) is 14.3. The smallest absolute Gasteiger partial charge is 0.305 e. The zero-order valence-electron chi connectivity index (χ0n) is 16.6. The molecule has 3 aromatic rings. The fraction of sp³-hybridized carbons (Fsp3) is 0.318. The molecule has 0 fully saturated rings. The van der Waals surface area contributed by atoms with Crippen LogP contribution in [0.1, 0.15) is 35.6 Å². The minimum absolute atomic E-state index is 0.0237. The summed E-state index contributed by atoms with van der Waals surface area (Å²) < 4.78 is 30.2. The lowest BCUT2D eigenvalue weighted by molar-refractivity contribution is -0.137. The monoisotopic (exact) mass is 446 g/mol. The van der Waals surface area contributed by atoms with Crippen molar-refractivity contribution in [3.63, 3.8) is 0 Å². The van der Waals surface area contributed by atoms with Crippen LogP contribution in [0.4, 0.5) is 0 Å². The van der Waals surface area contributed by atoms with E-state index in [1.165, 1.54) is 17.7 Å². The van der Waals surface area contributed by atoms with Crippen LogP contribution in [0.25, 0.3) is 10.9 Å². The van der Waals surface area contributed by atoms with Gasteiger partial charge in [-0.05, 0) is 61.2 Å². The molecule has 1 aliphatic rings. The molecule has 1 atom stereocenters. The van der Waals surface area contributed by atoms with Crippen LogP contribution in [0.15, 0.2) is 47.4 Å². The second kappa shape index (κ2) is 8.06. The Morgan fingerprint density at radius 2 is 1.97 bits per heavy atom. The van der Waals surface area contributed by atoms with Crippen molar-refractivity contribution in [2.45, 2.75) is 43.5 Å². The molecule has 0 spiro atoms. The Morgan fingerprint density at radius 1 is 1.23 bits per heavy atom. The predicted molar refractivity (Wildman–Crippen MR) is 117 cm³/mol. The van der Waals surface area contributed by atoms with Gasteiger partial charge in [0.05, 0.1) is 11.3 Å². The van der Waals surface area contributed by atoms with Crippen LogP contribution in [0, 0.1) is 6.92 Å². The number of carboxylic acid groups (broad SMARTS) is 1. The van der Waals surface area contributed by atoms with Crippen LogP contribution in [-0.2, 0) is 27.8 Å². The number of aryl methyl sites for hydroxylation is 2. The standard InChI is InChI=1S/C22H23ClN2O4S/c1-14-21-16(13-24-30(28,29)18-9-7-17(23)8-10-18)6-5-15-3-2-4-19(22(15)21)25(14)12-11-20(26)27/h2-4,7-10,16,24H,5-6,11-13H2,1H3,(H,26,27). The van der Waals surface area contributed by atoms with Crippen molar-refractivity contribution in [2.24, 2.45) is 0 Å². The Morgan fingerprint density at radius 3 is 2.67 bits per heavy atom. The van der Waals surface area contributed by atoms with Crippen molar-refractivity contribution < 1.29 is 18.3 Å². The Kier molecular flexibility index (Phi) is 5.61. The fourth-order valence-corrected chi connectivity index (χ4v) is 5.63. The number of aliphatic carboxylic acids is 1. The van der Waals surface area contributed by atoms with Gasteiger partial charge in [0, 0.05) is 40.6 Å². The average Bonchev–Trinajstić information content (AvgIpc) is 3.00. The molecule has 1 heterocycles. The fourth-order valence-electron chi connectivity index (χ4n) is 4.42. The van der Waals surface area contributed by atoms with Crippen LogP contribution in [0.2, 0.25) is 5.02 Å². The summed E-state index contributed by atoms with van der Waals surface area (Å²) in [5.74, 6) is -0.813. The van der Waals surface area contributed by atoms with Crippen LogP contribution >= 0.6 is 11.6 Å². The maximum atomic E-state index is 12.7. The Balaban J connectivity index is 1.65. The van der Waals surface area contributed by atoms with Gasteiger partial charge in [-0.3, -0.25) is 4.79 Å². The number of carbonyl (C=O) groups is 1. The lowest BCUT2D eigenvalue weighted by Gasteiger charge is -2.24. The number of sulfonamides is 1. The molecule has 1 aliphatic carbocycles. The van der Waals surface area contributed by atoms with E-state index < -0.39 is 16.0 Å². The van der Waals surface area contributed by atoms with Gasteiger partial charge in [-0.15, -0.1) is 0 Å². The first kappa shape index (κ1) is 20.9. The van der Waals surface area contributed by atoms with Gasteiger partial charge in [-0.1, -0.05) is 23.7 Å². The predicted octanol–water partition coefficient (Wildman–Crippen LogP) is 4.09. The molecule has 1 aromatic heterocycles. The first-order valence-electron chi connectivity index (χ1n) is 9.85. The summed E-state index contributed by atoms with van der Waals surface area (Å²) in [5.41, 5.74) is 4.38. The third-order valence-corrected chi connectivity index (χ3v) is 7.54. The Labute approximate surface area is 180 Å². The summed E-state index contributed by atoms with van der Waals surface area (Å²) in [7, 11) is -3.64. The maximum absolute atomic E-state index is 12.7. The second-order valence-electron chi connectivity index (χ2n) is 7.65. The number of carboxylic acids is 1. The Hall–Kier alpha value is -2.35. The van der Waals surface area contributed by atoms with Gasteiger partial charge in [-0.25, -0.2) is 13.1 Å². The second-order valence-corrected chi connectivity index (χ2v) is 9.85. The number of nitrogens with one attached hydrogen (secondary N) is 1. The van der Waals surface area contributed by atoms with Crippen molar-refractivity contribution in [1.29, 1.82) is 0 Å². The molecule has 0 aliphatic heterocycles. The van der Waals surface area contributed by atoms with Gasteiger partial charge < -0.3 is 9.67 Å². The van der Waals surface area contributed by atoms with Gasteiger partial charge in [-0.2, -0.15) is 0 Å². The first-order valence-corrected chi connectivity index (χ1v) is 11.7. The molecular formula is C22H23ClN2O4S. The summed E-state index contributed by atoms with van der Waals surface area (Å²) in [6.45, 7) is 2.68. The number of benzene rings is 2. The van der Waals surface area contributed by atoms with E-state index in [-0.39, 0.29) is 23.8 Å². The molecule has 0 radical (unpaired) electrons. The highest BCUT2D eigenvalue weighted by molar-refractivity contribution is 7.89. The van der Waals surface area contributed by atoms with E-state index >= 15 is 0 Å². The van der Waals surface area contributed by atoms with E-state index in [1.807, 2.05) is 23.6 Å². The lowest BCUT2D eigenvalue weighted by atomic mass is 9.83. The topological polar surface area (TPSA) is 88.4 Å². The third-order valence-electron chi connectivity index (χ3n) is 5.85. The van der Waals surface area contributed by atoms with E-state index in [1.54, 1.807) is 12.1 Å². The molecule has 0 bridgehead atoms. The summed E-state index contributed by atoms with van der Waals surface area (Å²) in [5, 5.41) is 10.7. The van der Waals surface area contributed by atoms with E-state index in [9.17, 15) is 13.2 Å². The molecule has 8 heteroatoms. The van der Waals surface area contributed by atoms with Crippen molar-refractivity contribution >= 4 is 38.5 Å². The van der Waals surface area contributed by atoms with Crippen molar-refractivity contribution in [3.05, 3.63) is 64.3 Å². The third kappa shape index (κ3) is 3.85. The minimum Gasteiger partial charge on any atom is -0.481 e. The average molecular weight is 447 g/mol. The van der Waals surface area contributed by atoms with E-state index in [0.717, 1.165) is 35.0 Å². The van der Waals surface area contributed by atoms with Gasteiger partial charge in [0.25, 0.3) is 0 Å². The number of nitrogens with zero attached hydrogens (tertiary/aromatic N) is 1. The van der Waals surface area contributed by atoms with E-state index in [2.05, 4.69) is 10.8 Å². The van der Waals surface area contributed by atoms with Gasteiger partial charge in [0.15, 0.2) is 0 Å². The normalized spacial score (nSPS) is 16.1. The molecule has 30 heavy (non-hydrogen) atoms. The van der Waals surface area contributed by atoms with Gasteiger partial charge in [0.2, 0.25) is 10.0 Å². The molecule has 2 N–H and O–H groups in total. The SMILES string of the molecule is Cc1c2c3c(cccc3n1CCC(=O)O)CCC2CNS(=O)(=O)c1ccc(Cl)cc1. The molecule has 1 unspecified atom stereocenters. The zero-order chi connectivity index (χ0) is 21.5. The van der Waals surface area contributed by atoms with Crippen molar-refractivity contribution in [3.8, 4) is 0 Å². The number of hydrogen-bond acceptors (Lipinski definition) is 3. The molecular weight excluding hydrogens is 424 g/mol. The number of aromatic nitrogens is 1. The van der Waals surface area contributed by atoms with Crippen LogP contribution in [0.5, 0.6) is 0 Å².